The number of rotatable bonds is 3. The molecule has 0 saturated heterocycles. The molecule has 0 unspecified atom stereocenters. The number of benzene rings is 1. The molecule has 0 amide bonds. The van der Waals surface area contributed by atoms with E-state index in [0.29, 0.717) is 0 Å². The van der Waals surface area contributed by atoms with E-state index in [0.717, 1.165) is 10.4 Å². The quantitative estimate of drug-likeness (QED) is 0.872. The van der Waals surface area contributed by atoms with Gasteiger partial charge in [0, 0.05) is 4.70 Å². The number of carboxylic acids is 1. The van der Waals surface area contributed by atoms with E-state index in [9.17, 15) is 4.79 Å². The maximum atomic E-state index is 10.3. The lowest BCUT2D eigenvalue weighted by Gasteiger charge is -1.95. The largest absolute Gasteiger partial charge is 0.480 e. The van der Waals surface area contributed by atoms with Crippen molar-refractivity contribution in [1.82, 2.24) is 0 Å². The van der Waals surface area contributed by atoms with Crippen LogP contribution in [0.1, 0.15) is 0 Å². The Bertz CT molecular complexity index is 436. The lowest BCUT2D eigenvalue weighted by Crippen LogP contribution is -2.11. The standard InChI is InChI=1S/C10H9NO2S.ClH/c12-10(13)6-11-9-5-7-3-1-2-4-8(7)14-9;/h1-5,11H,6H2,(H,12,13);1H. The minimum absolute atomic E-state index is 0. The van der Waals surface area contributed by atoms with E-state index in [1.165, 1.54) is 4.70 Å². The molecule has 0 fully saturated rings. The predicted molar refractivity (Wildman–Crippen MR) is 65.2 cm³/mol. The van der Waals surface area contributed by atoms with Gasteiger partial charge in [-0.1, -0.05) is 18.2 Å². The summed E-state index contributed by atoms with van der Waals surface area (Å²) in [5.41, 5.74) is 0. The van der Waals surface area contributed by atoms with Crippen LogP contribution in [-0.2, 0) is 4.79 Å². The highest BCUT2D eigenvalue weighted by Crippen LogP contribution is 2.28. The Hall–Kier alpha value is -1.26. The Morgan fingerprint density at radius 3 is 2.80 bits per heavy atom. The molecule has 2 aromatic rings. The van der Waals surface area contributed by atoms with Crippen molar-refractivity contribution in [2.75, 3.05) is 11.9 Å². The van der Waals surface area contributed by atoms with Gasteiger partial charge in [0.1, 0.15) is 6.54 Å². The van der Waals surface area contributed by atoms with Crippen molar-refractivity contribution >= 4 is 44.8 Å². The fourth-order valence-corrected chi connectivity index (χ4v) is 2.19. The van der Waals surface area contributed by atoms with Gasteiger partial charge in [-0.15, -0.1) is 23.7 Å². The van der Waals surface area contributed by atoms with Crippen LogP contribution < -0.4 is 5.32 Å². The smallest absolute Gasteiger partial charge is 0.322 e. The van der Waals surface area contributed by atoms with Crippen LogP contribution in [0.4, 0.5) is 5.00 Å². The third kappa shape index (κ3) is 2.84. The van der Waals surface area contributed by atoms with Crippen molar-refractivity contribution < 1.29 is 9.90 Å². The summed E-state index contributed by atoms with van der Waals surface area (Å²) in [5, 5.41) is 13.4. The van der Waals surface area contributed by atoms with Crippen LogP contribution in [-0.4, -0.2) is 17.6 Å². The topological polar surface area (TPSA) is 49.3 Å². The molecule has 3 nitrogen and oxygen atoms in total. The van der Waals surface area contributed by atoms with E-state index >= 15 is 0 Å². The highest BCUT2D eigenvalue weighted by Gasteiger charge is 2.01. The van der Waals surface area contributed by atoms with Crippen LogP contribution in [0.3, 0.4) is 0 Å². The van der Waals surface area contributed by atoms with Gasteiger partial charge in [0.15, 0.2) is 0 Å². The highest BCUT2D eigenvalue weighted by molar-refractivity contribution is 7.22. The van der Waals surface area contributed by atoms with Gasteiger partial charge >= 0.3 is 5.97 Å². The van der Waals surface area contributed by atoms with E-state index in [4.69, 9.17) is 5.11 Å². The number of thiophene rings is 1. The van der Waals surface area contributed by atoms with E-state index in [1.54, 1.807) is 11.3 Å². The second-order valence-electron chi connectivity index (χ2n) is 2.90. The van der Waals surface area contributed by atoms with Crippen LogP contribution in [0, 0.1) is 0 Å². The summed E-state index contributed by atoms with van der Waals surface area (Å²) >= 11 is 1.56. The predicted octanol–water partition coefficient (Wildman–Crippen LogP) is 2.82. The lowest BCUT2D eigenvalue weighted by molar-refractivity contribution is -0.134. The van der Waals surface area contributed by atoms with E-state index in [-0.39, 0.29) is 19.0 Å². The molecule has 0 aliphatic heterocycles. The number of fused-ring (bicyclic) bond motifs is 1. The number of nitrogens with one attached hydrogen (secondary N) is 1. The van der Waals surface area contributed by atoms with Crippen molar-refractivity contribution in [3.63, 3.8) is 0 Å². The normalized spacial score (nSPS) is 9.60. The maximum absolute atomic E-state index is 10.3. The molecule has 0 spiro atoms. The first-order valence-electron chi connectivity index (χ1n) is 4.20. The second kappa shape index (κ2) is 5.00. The molecule has 1 aromatic heterocycles. The fraction of sp³-hybridized carbons (Fsp3) is 0.100. The number of hydrogen-bond donors (Lipinski definition) is 2. The highest BCUT2D eigenvalue weighted by atomic mass is 35.5. The van der Waals surface area contributed by atoms with Gasteiger partial charge in [0.2, 0.25) is 0 Å². The molecule has 0 atom stereocenters. The SMILES string of the molecule is Cl.O=C(O)CNc1cc2ccccc2s1. The average molecular weight is 244 g/mol. The van der Waals surface area contributed by atoms with Crippen molar-refractivity contribution in [3.05, 3.63) is 30.3 Å². The third-order valence-corrected chi connectivity index (χ3v) is 2.91. The molecule has 5 heteroatoms. The molecule has 0 saturated carbocycles. The summed E-state index contributed by atoms with van der Waals surface area (Å²) in [6.07, 6.45) is 0. The zero-order valence-electron chi connectivity index (χ0n) is 7.77. The first-order chi connectivity index (χ1) is 6.75. The van der Waals surface area contributed by atoms with Gasteiger partial charge in [-0.3, -0.25) is 4.79 Å². The number of carboxylic acid groups (broad SMARTS) is 1. The molecular formula is C10H10ClNO2S. The van der Waals surface area contributed by atoms with Gasteiger partial charge in [0.05, 0.1) is 5.00 Å². The number of hydrogen-bond acceptors (Lipinski definition) is 3. The first kappa shape index (κ1) is 11.8. The minimum atomic E-state index is -0.845. The Morgan fingerprint density at radius 1 is 1.40 bits per heavy atom. The fourth-order valence-electron chi connectivity index (χ4n) is 1.23. The van der Waals surface area contributed by atoms with Gasteiger partial charge < -0.3 is 10.4 Å². The molecule has 2 N–H and O–H groups in total. The zero-order chi connectivity index (χ0) is 9.97. The van der Waals surface area contributed by atoms with Crippen LogP contribution in [0.25, 0.3) is 10.1 Å². The van der Waals surface area contributed by atoms with Crippen LogP contribution in [0.2, 0.25) is 0 Å². The van der Waals surface area contributed by atoms with E-state index in [1.807, 2.05) is 30.3 Å². The third-order valence-electron chi connectivity index (χ3n) is 1.84. The van der Waals surface area contributed by atoms with Crippen molar-refractivity contribution in [2.45, 2.75) is 0 Å². The maximum Gasteiger partial charge on any atom is 0.322 e. The zero-order valence-corrected chi connectivity index (χ0v) is 9.40. The Kier molecular flexibility index (Phi) is 3.94. The summed E-state index contributed by atoms with van der Waals surface area (Å²) < 4.78 is 1.17. The van der Waals surface area contributed by atoms with Crippen LogP contribution in [0.5, 0.6) is 0 Å². The molecule has 0 radical (unpaired) electrons. The Labute approximate surface area is 97.1 Å². The summed E-state index contributed by atoms with van der Waals surface area (Å²) in [4.78, 5) is 10.3. The minimum Gasteiger partial charge on any atom is -0.480 e. The summed E-state index contributed by atoms with van der Waals surface area (Å²) in [5.74, 6) is -0.845. The van der Waals surface area contributed by atoms with Crippen molar-refractivity contribution in [3.8, 4) is 0 Å². The lowest BCUT2D eigenvalue weighted by atomic mass is 10.3. The van der Waals surface area contributed by atoms with Crippen LogP contribution >= 0.6 is 23.7 Å². The van der Waals surface area contributed by atoms with E-state index < -0.39 is 5.97 Å². The van der Waals surface area contributed by atoms with Crippen LogP contribution in [0.15, 0.2) is 30.3 Å². The second-order valence-corrected chi connectivity index (χ2v) is 3.98. The summed E-state index contributed by atoms with van der Waals surface area (Å²) in [6, 6.07) is 9.93. The molecular weight excluding hydrogens is 234 g/mol. The molecule has 1 aromatic carbocycles. The average Bonchev–Trinajstić information content (AvgIpc) is 2.57. The Balaban J connectivity index is 0.00000112. The molecule has 1 heterocycles. The van der Waals surface area contributed by atoms with Crippen molar-refractivity contribution in [1.29, 1.82) is 0 Å². The number of aliphatic carboxylic acids is 1. The molecule has 0 bridgehead atoms. The van der Waals surface area contributed by atoms with Gasteiger partial charge in [-0.2, -0.15) is 0 Å². The number of anilines is 1. The van der Waals surface area contributed by atoms with E-state index in [2.05, 4.69) is 5.32 Å². The molecule has 80 valence electrons. The summed E-state index contributed by atoms with van der Waals surface area (Å²) in [6.45, 7) is -0.0349. The molecule has 0 aliphatic carbocycles. The summed E-state index contributed by atoms with van der Waals surface area (Å²) in [7, 11) is 0. The number of halogens is 1. The van der Waals surface area contributed by atoms with Crippen molar-refractivity contribution in [2.24, 2.45) is 0 Å². The number of carbonyl (C=O) groups is 1. The van der Waals surface area contributed by atoms with Gasteiger partial charge in [-0.25, -0.2) is 0 Å². The van der Waals surface area contributed by atoms with Gasteiger partial charge in [-0.05, 0) is 17.5 Å². The molecule has 0 aliphatic rings. The molecule has 15 heavy (non-hydrogen) atoms. The Morgan fingerprint density at radius 2 is 2.13 bits per heavy atom. The van der Waals surface area contributed by atoms with Gasteiger partial charge in [0.25, 0.3) is 0 Å². The monoisotopic (exact) mass is 243 g/mol. The molecule has 2 rings (SSSR count). The first-order valence-corrected chi connectivity index (χ1v) is 5.01.